The number of aryl methyl sites for hydroxylation is 2. The lowest BCUT2D eigenvalue weighted by atomic mass is 10.1. The number of rotatable bonds is 5. The number of aromatic amines is 1. The van der Waals surface area contributed by atoms with E-state index in [2.05, 4.69) is 20.1 Å². The maximum absolute atomic E-state index is 13.7. The van der Waals surface area contributed by atoms with Gasteiger partial charge in [0.25, 0.3) is 5.56 Å². The molecule has 7 heteroatoms. The molecule has 1 saturated carbocycles. The van der Waals surface area contributed by atoms with Crippen LogP contribution in [-0.4, -0.2) is 24.7 Å². The molecule has 6 nitrogen and oxygen atoms in total. The summed E-state index contributed by atoms with van der Waals surface area (Å²) in [5.74, 6) is 2.08. The molecule has 0 radical (unpaired) electrons. The first kappa shape index (κ1) is 16.6. The highest BCUT2D eigenvalue weighted by Crippen LogP contribution is 2.38. The van der Waals surface area contributed by atoms with E-state index in [0.29, 0.717) is 47.4 Å². The molecule has 4 rings (SSSR count). The SMILES string of the molecule is CCc1nc(C)c(Cc2nc(C3CC3)nn2-c2cccc(F)c2)c(=O)[nH]1. The van der Waals surface area contributed by atoms with Crippen molar-refractivity contribution in [1.82, 2.24) is 24.7 Å². The van der Waals surface area contributed by atoms with E-state index < -0.39 is 0 Å². The number of hydrogen-bond acceptors (Lipinski definition) is 4. The largest absolute Gasteiger partial charge is 0.310 e. The maximum atomic E-state index is 13.7. The summed E-state index contributed by atoms with van der Waals surface area (Å²) in [6.07, 6.45) is 3.11. The number of halogens is 1. The van der Waals surface area contributed by atoms with Gasteiger partial charge in [0.05, 0.1) is 5.69 Å². The molecular weight excluding hydrogens is 333 g/mol. The Bertz CT molecular complexity index is 1020. The van der Waals surface area contributed by atoms with Crippen LogP contribution in [0.3, 0.4) is 0 Å². The van der Waals surface area contributed by atoms with E-state index in [-0.39, 0.29) is 11.4 Å². The molecule has 0 saturated heterocycles. The molecule has 1 aliphatic rings. The molecule has 26 heavy (non-hydrogen) atoms. The topological polar surface area (TPSA) is 76.5 Å². The minimum Gasteiger partial charge on any atom is -0.310 e. The van der Waals surface area contributed by atoms with Crippen molar-refractivity contribution in [2.45, 2.75) is 45.4 Å². The minimum absolute atomic E-state index is 0.156. The third-order valence-electron chi connectivity index (χ3n) is 4.63. The highest BCUT2D eigenvalue weighted by atomic mass is 19.1. The van der Waals surface area contributed by atoms with Gasteiger partial charge in [0.15, 0.2) is 5.82 Å². The minimum atomic E-state index is -0.333. The zero-order chi connectivity index (χ0) is 18.3. The normalized spacial score (nSPS) is 14.0. The predicted octanol–water partition coefficient (Wildman–Crippen LogP) is 2.83. The fraction of sp³-hybridized carbons (Fsp3) is 0.368. The Morgan fingerprint density at radius 1 is 1.31 bits per heavy atom. The van der Waals surface area contributed by atoms with Gasteiger partial charge in [-0.25, -0.2) is 19.0 Å². The van der Waals surface area contributed by atoms with E-state index in [1.54, 1.807) is 16.8 Å². The number of nitrogens with one attached hydrogen (secondary N) is 1. The van der Waals surface area contributed by atoms with Crippen LogP contribution < -0.4 is 5.56 Å². The average molecular weight is 353 g/mol. The zero-order valence-electron chi connectivity index (χ0n) is 14.8. The molecule has 134 valence electrons. The summed E-state index contributed by atoms with van der Waals surface area (Å²) in [6, 6.07) is 6.24. The second-order valence-electron chi connectivity index (χ2n) is 6.66. The fourth-order valence-electron chi connectivity index (χ4n) is 3.01. The molecule has 1 fully saturated rings. The number of hydrogen-bond donors (Lipinski definition) is 1. The summed E-state index contributed by atoms with van der Waals surface area (Å²) in [4.78, 5) is 24.4. The Labute approximate surface area is 150 Å². The predicted molar refractivity (Wildman–Crippen MR) is 95.1 cm³/mol. The quantitative estimate of drug-likeness (QED) is 0.765. The summed E-state index contributed by atoms with van der Waals surface area (Å²) >= 11 is 0. The van der Waals surface area contributed by atoms with Gasteiger partial charge < -0.3 is 4.98 Å². The zero-order valence-corrected chi connectivity index (χ0v) is 14.8. The molecule has 3 aromatic rings. The Morgan fingerprint density at radius 2 is 2.12 bits per heavy atom. The standard InChI is InChI=1S/C19H20FN5O/c1-3-16-21-11(2)15(19(26)22-16)10-17-23-18(12-7-8-12)24-25(17)14-6-4-5-13(20)9-14/h4-6,9,12H,3,7-8,10H2,1-2H3,(H,21,22,26). The van der Waals surface area contributed by atoms with Gasteiger partial charge in [-0.2, -0.15) is 5.10 Å². The second kappa shape index (κ2) is 6.48. The summed E-state index contributed by atoms with van der Waals surface area (Å²) in [7, 11) is 0. The molecule has 0 unspecified atom stereocenters. The number of aromatic nitrogens is 5. The Kier molecular flexibility index (Phi) is 4.14. The summed E-state index contributed by atoms with van der Waals surface area (Å²) in [5.41, 5.74) is 1.70. The maximum Gasteiger partial charge on any atom is 0.254 e. The van der Waals surface area contributed by atoms with Gasteiger partial charge >= 0.3 is 0 Å². The summed E-state index contributed by atoms with van der Waals surface area (Å²) in [5, 5.41) is 4.58. The molecule has 0 bridgehead atoms. The van der Waals surface area contributed by atoms with Crippen molar-refractivity contribution in [2.75, 3.05) is 0 Å². The van der Waals surface area contributed by atoms with Gasteiger partial charge in [-0.15, -0.1) is 0 Å². The fourth-order valence-corrected chi connectivity index (χ4v) is 3.01. The van der Waals surface area contributed by atoms with Gasteiger partial charge in [-0.3, -0.25) is 4.79 Å². The molecule has 0 amide bonds. The van der Waals surface area contributed by atoms with Crippen LogP contribution in [0, 0.1) is 12.7 Å². The number of benzene rings is 1. The van der Waals surface area contributed by atoms with Crippen LogP contribution in [0.1, 0.15) is 54.4 Å². The molecule has 1 aromatic carbocycles. The Morgan fingerprint density at radius 3 is 2.77 bits per heavy atom. The van der Waals surface area contributed by atoms with Crippen LogP contribution in [0.2, 0.25) is 0 Å². The third kappa shape index (κ3) is 3.16. The second-order valence-corrected chi connectivity index (χ2v) is 6.66. The number of nitrogens with zero attached hydrogens (tertiary/aromatic N) is 4. The lowest BCUT2D eigenvalue weighted by Gasteiger charge is -2.08. The molecule has 0 aliphatic heterocycles. The van der Waals surface area contributed by atoms with Crippen LogP contribution in [0.15, 0.2) is 29.1 Å². The highest BCUT2D eigenvalue weighted by Gasteiger charge is 2.29. The van der Waals surface area contributed by atoms with Crippen molar-refractivity contribution in [2.24, 2.45) is 0 Å². The van der Waals surface area contributed by atoms with Crippen LogP contribution in [-0.2, 0) is 12.8 Å². The lowest BCUT2D eigenvalue weighted by Crippen LogP contribution is -2.20. The van der Waals surface area contributed by atoms with E-state index >= 15 is 0 Å². The Hall–Kier alpha value is -2.83. The van der Waals surface area contributed by atoms with Crippen LogP contribution in [0.25, 0.3) is 5.69 Å². The Balaban J connectivity index is 1.78. The third-order valence-corrected chi connectivity index (χ3v) is 4.63. The van der Waals surface area contributed by atoms with Crippen molar-refractivity contribution in [3.8, 4) is 5.69 Å². The van der Waals surface area contributed by atoms with E-state index in [4.69, 9.17) is 0 Å². The molecule has 0 atom stereocenters. The van der Waals surface area contributed by atoms with Crippen molar-refractivity contribution < 1.29 is 4.39 Å². The van der Waals surface area contributed by atoms with Crippen molar-refractivity contribution >= 4 is 0 Å². The van der Waals surface area contributed by atoms with E-state index in [9.17, 15) is 9.18 Å². The van der Waals surface area contributed by atoms with E-state index in [1.165, 1.54) is 12.1 Å². The van der Waals surface area contributed by atoms with Crippen LogP contribution >= 0.6 is 0 Å². The molecule has 2 aromatic heterocycles. The molecule has 0 spiro atoms. The van der Waals surface area contributed by atoms with Gasteiger partial charge in [-0.05, 0) is 38.0 Å². The van der Waals surface area contributed by atoms with Gasteiger partial charge in [0.2, 0.25) is 0 Å². The van der Waals surface area contributed by atoms with Crippen molar-refractivity contribution in [3.63, 3.8) is 0 Å². The highest BCUT2D eigenvalue weighted by molar-refractivity contribution is 5.34. The smallest absolute Gasteiger partial charge is 0.254 e. The number of H-pyrrole nitrogens is 1. The molecule has 1 aliphatic carbocycles. The summed E-state index contributed by atoms with van der Waals surface area (Å²) in [6.45, 7) is 3.77. The van der Waals surface area contributed by atoms with Gasteiger partial charge in [0.1, 0.15) is 17.5 Å². The average Bonchev–Trinajstić information content (AvgIpc) is 3.38. The van der Waals surface area contributed by atoms with Crippen LogP contribution in [0.5, 0.6) is 0 Å². The first-order chi connectivity index (χ1) is 12.5. The summed E-state index contributed by atoms with van der Waals surface area (Å²) < 4.78 is 15.3. The molecule has 1 N–H and O–H groups in total. The van der Waals surface area contributed by atoms with Gasteiger partial charge in [0, 0.05) is 30.0 Å². The van der Waals surface area contributed by atoms with E-state index in [0.717, 1.165) is 18.7 Å². The van der Waals surface area contributed by atoms with Crippen LogP contribution in [0.4, 0.5) is 4.39 Å². The van der Waals surface area contributed by atoms with Gasteiger partial charge in [-0.1, -0.05) is 13.0 Å². The van der Waals surface area contributed by atoms with Crippen molar-refractivity contribution in [1.29, 1.82) is 0 Å². The molecular formula is C19H20FN5O. The first-order valence-electron chi connectivity index (χ1n) is 8.85. The monoisotopic (exact) mass is 353 g/mol. The lowest BCUT2D eigenvalue weighted by molar-refractivity contribution is 0.624. The van der Waals surface area contributed by atoms with Crippen molar-refractivity contribution in [3.05, 3.63) is 69.2 Å². The molecule has 2 heterocycles. The van der Waals surface area contributed by atoms with E-state index in [1.807, 2.05) is 13.8 Å². The first-order valence-corrected chi connectivity index (χ1v) is 8.85.